The summed E-state index contributed by atoms with van der Waals surface area (Å²) < 4.78 is 1.82. The van der Waals surface area contributed by atoms with E-state index >= 15 is 0 Å². The Balaban J connectivity index is 2.37. The van der Waals surface area contributed by atoms with Crippen LogP contribution in [0.5, 0.6) is 0 Å². The normalized spacial score (nSPS) is 12.7. The number of aromatic nitrogens is 4. The minimum atomic E-state index is 0.154. The molecule has 0 saturated heterocycles. The van der Waals surface area contributed by atoms with Crippen LogP contribution in [-0.2, 0) is 0 Å². The predicted molar refractivity (Wildman–Crippen MR) is 60.9 cm³/mol. The molecule has 0 spiro atoms. The van der Waals surface area contributed by atoms with Crippen LogP contribution in [0.1, 0.15) is 17.4 Å². The Kier molecular flexibility index (Phi) is 3.11. The van der Waals surface area contributed by atoms with Gasteiger partial charge < -0.3 is 0 Å². The van der Waals surface area contributed by atoms with Crippen LogP contribution in [0.4, 0.5) is 0 Å². The van der Waals surface area contributed by atoms with Gasteiger partial charge in [-0.25, -0.2) is 4.68 Å². The molecule has 0 fully saturated rings. The molecular weight excluding hydrogens is 256 g/mol. The lowest BCUT2D eigenvalue weighted by molar-refractivity contribution is 0.539. The van der Waals surface area contributed by atoms with Gasteiger partial charge in [0.2, 0.25) is 0 Å². The van der Waals surface area contributed by atoms with Crippen LogP contribution >= 0.6 is 15.9 Å². The molecule has 78 valence electrons. The van der Waals surface area contributed by atoms with Crippen molar-refractivity contribution >= 4 is 15.9 Å². The number of benzene rings is 1. The van der Waals surface area contributed by atoms with Crippen molar-refractivity contribution in [1.29, 1.82) is 0 Å². The third-order valence-corrected chi connectivity index (χ3v) is 2.90. The van der Waals surface area contributed by atoms with E-state index in [1.165, 1.54) is 5.56 Å². The van der Waals surface area contributed by atoms with Gasteiger partial charge in [-0.1, -0.05) is 46.3 Å². The first-order valence-corrected chi connectivity index (χ1v) is 5.80. The summed E-state index contributed by atoms with van der Waals surface area (Å²) in [6, 6.07) is 10.3. The van der Waals surface area contributed by atoms with Crippen molar-refractivity contribution in [3.63, 3.8) is 0 Å². The van der Waals surface area contributed by atoms with Gasteiger partial charge in [0.1, 0.15) is 5.82 Å². The van der Waals surface area contributed by atoms with Gasteiger partial charge >= 0.3 is 0 Å². The van der Waals surface area contributed by atoms with Gasteiger partial charge in [0, 0.05) is 5.33 Å². The maximum atomic E-state index is 3.99. The molecule has 1 aromatic carbocycles. The summed E-state index contributed by atoms with van der Waals surface area (Å²) in [5, 5.41) is 12.3. The quantitative estimate of drug-likeness (QED) is 0.798. The molecule has 15 heavy (non-hydrogen) atoms. The number of hydrogen-bond donors (Lipinski definition) is 0. The van der Waals surface area contributed by atoms with Crippen LogP contribution in [0.25, 0.3) is 0 Å². The molecular formula is C10H11BrN4. The highest BCUT2D eigenvalue weighted by Crippen LogP contribution is 2.19. The second-order valence-electron chi connectivity index (χ2n) is 3.25. The standard InChI is InChI=1S/C10H11BrN4/c1-8-12-13-14-15(8)10(7-11)9-5-3-2-4-6-9/h2-6,10H,7H2,1H3/t10-/m1/s1. The van der Waals surface area contributed by atoms with Crippen molar-refractivity contribution in [2.75, 3.05) is 5.33 Å². The highest BCUT2D eigenvalue weighted by Gasteiger charge is 2.15. The largest absolute Gasteiger partial charge is 0.222 e. The van der Waals surface area contributed by atoms with E-state index in [0.717, 1.165) is 11.2 Å². The van der Waals surface area contributed by atoms with E-state index in [9.17, 15) is 0 Å². The second-order valence-corrected chi connectivity index (χ2v) is 3.90. The van der Waals surface area contributed by atoms with Gasteiger partial charge in [-0.15, -0.1) is 5.10 Å². The summed E-state index contributed by atoms with van der Waals surface area (Å²) in [5.41, 5.74) is 1.20. The molecule has 1 aromatic heterocycles. The minimum Gasteiger partial charge on any atom is -0.222 e. The first kappa shape index (κ1) is 10.3. The van der Waals surface area contributed by atoms with Gasteiger partial charge in [0.15, 0.2) is 0 Å². The van der Waals surface area contributed by atoms with Crippen LogP contribution in [0.2, 0.25) is 0 Å². The SMILES string of the molecule is Cc1nnnn1[C@H](CBr)c1ccccc1. The van der Waals surface area contributed by atoms with E-state index in [4.69, 9.17) is 0 Å². The van der Waals surface area contributed by atoms with E-state index in [2.05, 4.69) is 43.6 Å². The van der Waals surface area contributed by atoms with Crippen molar-refractivity contribution in [2.45, 2.75) is 13.0 Å². The maximum Gasteiger partial charge on any atom is 0.148 e. The number of rotatable bonds is 3. The van der Waals surface area contributed by atoms with E-state index in [1.807, 2.05) is 29.8 Å². The summed E-state index contributed by atoms with van der Waals surface area (Å²) in [7, 11) is 0. The van der Waals surface area contributed by atoms with Gasteiger partial charge in [-0.3, -0.25) is 0 Å². The first-order valence-electron chi connectivity index (χ1n) is 4.68. The van der Waals surface area contributed by atoms with Crippen molar-refractivity contribution in [1.82, 2.24) is 20.2 Å². The Bertz CT molecular complexity index is 426. The summed E-state index contributed by atoms with van der Waals surface area (Å²) in [6.45, 7) is 1.90. The molecule has 5 heteroatoms. The van der Waals surface area contributed by atoms with Gasteiger partial charge in [-0.05, 0) is 22.9 Å². The zero-order valence-electron chi connectivity index (χ0n) is 8.34. The minimum absolute atomic E-state index is 0.154. The Morgan fingerprint density at radius 1 is 1.33 bits per heavy atom. The van der Waals surface area contributed by atoms with Crippen LogP contribution < -0.4 is 0 Å². The fourth-order valence-corrected chi connectivity index (χ4v) is 2.15. The number of tetrazole rings is 1. The molecule has 0 bridgehead atoms. The lowest BCUT2D eigenvalue weighted by Crippen LogP contribution is -2.15. The number of aryl methyl sites for hydroxylation is 1. The van der Waals surface area contributed by atoms with E-state index in [0.29, 0.717) is 0 Å². The smallest absolute Gasteiger partial charge is 0.148 e. The topological polar surface area (TPSA) is 43.6 Å². The Morgan fingerprint density at radius 3 is 2.60 bits per heavy atom. The molecule has 0 unspecified atom stereocenters. The molecule has 1 atom stereocenters. The highest BCUT2D eigenvalue weighted by atomic mass is 79.9. The monoisotopic (exact) mass is 266 g/mol. The molecule has 0 radical (unpaired) electrons. The first-order chi connectivity index (χ1) is 7.33. The van der Waals surface area contributed by atoms with Crippen LogP contribution in [0.3, 0.4) is 0 Å². The second kappa shape index (κ2) is 4.53. The summed E-state index contributed by atoms with van der Waals surface area (Å²) >= 11 is 3.49. The fraction of sp³-hybridized carbons (Fsp3) is 0.300. The van der Waals surface area contributed by atoms with Crippen molar-refractivity contribution in [3.8, 4) is 0 Å². The van der Waals surface area contributed by atoms with Crippen molar-refractivity contribution in [2.24, 2.45) is 0 Å². The number of halogens is 1. The molecule has 0 aliphatic rings. The molecule has 1 heterocycles. The predicted octanol–water partition coefficient (Wildman–Crippen LogP) is 1.97. The maximum absolute atomic E-state index is 3.99. The number of hydrogen-bond acceptors (Lipinski definition) is 3. The Labute approximate surface area is 96.4 Å². The third kappa shape index (κ3) is 2.07. The lowest BCUT2D eigenvalue weighted by atomic mass is 10.1. The van der Waals surface area contributed by atoms with Gasteiger partial charge in [-0.2, -0.15) is 0 Å². The number of alkyl halides is 1. The average molecular weight is 267 g/mol. The summed E-state index contributed by atoms with van der Waals surface area (Å²) in [5.74, 6) is 0.823. The van der Waals surface area contributed by atoms with Crippen LogP contribution in [0.15, 0.2) is 30.3 Å². The van der Waals surface area contributed by atoms with E-state index in [1.54, 1.807) is 0 Å². The summed E-state index contributed by atoms with van der Waals surface area (Å²) in [4.78, 5) is 0. The zero-order chi connectivity index (χ0) is 10.7. The van der Waals surface area contributed by atoms with Gasteiger partial charge in [0.05, 0.1) is 6.04 Å². The zero-order valence-corrected chi connectivity index (χ0v) is 9.92. The van der Waals surface area contributed by atoms with Crippen LogP contribution in [-0.4, -0.2) is 25.5 Å². The molecule has 2 aromatic rings. The molecule has 0 aliphatic heterocycles. The highest BCUT2D eigenvalue weighted by molar-refractivity contribution is 9.09. The average Bonchev–Trinajstić information content (AvgIpc) is 2.68. The fourth-order valence-electron chi connectivity index (χ4n) is 1.50. The van der Waals surface area contributed by atoms with Crippen molar-refractivity contribution < 1.29 is 0 Å². The Morgan fingerprint density at radius 2 is 2.07 bits per heavy atom. The third-order valence-electron chi connectivity index (χ3n) is 2.28. The van der Waals surface area contributed by atoms with Gasteiger partial charge in [0.25, 0.3) is 0 Å². The number of nitrogens with zero attached hydrogens (tertiary/aromatic N) is 4. The molecule has 0 amide bonds. The lowest BCUT2D eigenvalue weighted by Gasteiger charge is -2.14. The molecule has 0 aliphatic carbocycles. The molecule has 0 saturated carbocycles. The van der Waals surface area contributed by atoms with Crippen molar-refractivity contribution in [3.05, 3.63) is 41.7 Å². The van der Waals surface area contributed by atoms with E-state index in [-0.39, 0.29) is 6.04 Å². The molecule has 0 N–H and O–H groups in total. The summed E-state index contributed by atoms with van der Waals surface area (Å²) in [6.07, 6.45) is 0. The van der Waals surface area contributed by atoms with Crippen LogP contribution in [0, 0.1) is 6.92 Å². The molecule has 2 rings (SSSR count). The van der Waals surface area contributed by atoms with E-state index < -0.39 is 0 Å². The molecule has 4 nitrogen and oxygen atoms in total. The Hall–Kier alpha value is -1.23.